The van der Waals surface area contributed by atoms with Gasteiger partial charge in [-0.05, 0) is 37.5 Å². The van der Waals surface area contributed by atoms with E-state index < -0.39 is 5.97 Å². The third kappa shape index (κ3) is 2.14. The van der Waals surface area contributed by atoms with Gasteiger partial charge in [0.2, 0.25) is 5.91 Å². The van der Waals surface area contributed by atoms with Crippen molar-refractivity contribution in [1.82, 2.24) is 9.88 Å². The maximum atomic E-state index is 13.0. The van der Waals surface area contributed by atoms with Gasteiger partial charge < -0.3 is 15.0 Å². The smallest absolute Gasteiger partial charge is 0.335 e. The van der Waals surface area contributed by atoms with Crippen molar-refractivity contribution in [2.24, 2.45) is 5.41 Å². The van der Waals surface area contributed by atoms with Gasteiger partial charge in [0.25, 0.3) is 0 Å². The zero-order chi connectivity index (χ0) is 16.9. The first-order valence-electron chi connectivity index (χ1n) is 8.70. The first-order valence-corrected chi connectivity index (χ1v) is 8.70. The summed E-state index contributed by atoms with van der Waals surface area (Å²) in [6, 6.07) is 5.17. The minimum atomic E-state index is -0.921. The van der Waals surface area contributed by atoms with Crippen LogP contribution in [0.25, 0.3) is 10.9 Å². The number of carbonyl (C=O) groups excluding carboxylic acids is 1. The standard InChI is InChI=1S/C19H22N2O3/c1-2-19(7-3-8-19)18(24)21-9-6-16-14(11-21)13-10-12(17(22)23)4-5-15(13)20-16/h4-5,10,20H,2-3,6-9,11H2,1H3,(H,22,23). The van der Waals surface area contributed by atoms with E-state index in [9.17, 15) is 14.7 Å². The molecule has 2 aromatic rings. The molecule has 0 atom stereocenters. The number of amides is 1. The van der Waals surface area contributed by atoms with Crippen molar-refractivity contribution in [2.45, 2.75) is 45.6 Å². The Balaban J connectivity index is 1.68. The number of aromatic amines is 1. The highest BCUT2D eigenvalue weighted by Gasteiger charge is 2.45. The number of nitrogens with zero attached hydrogens (tertiary/aromatic N) is 1. The van der Waals surface area contributed by atoms with Crippen molar-refractivity contribution < 1.29 is 14.7 Å². The van der Waals surface area contributed by atoms with Crippen LogP contribution in [0.15, 0.2) is 18.2 Å². The second-order valence-electron chi connectivity index (χ2n) is 7.11. The van der Waals surface area contributed by atoms with Gasteiger partial charge >= 0.3 is 5.97 Å². The summed E-state index contributed by atoms with van der Waals surface area (Å²) in [6.07, 6.45) is 4.86. The number of hydrogen-bond donors (Lipinski definition) is 2. The molecular formula is C19H22N2O3. The van der Waals surface area contributed by atoms with Gasteiger partial charge in [-0.25, -0.2) is 4.79 Å². The molecule has 1 aromatic carbocycles. The molecule has 4 rings (SSSR count). The summed E-state index contributed by atoms with van der Waals surface area (Å²) in [5.41, 5.74) is 3.31. The maximum absolute atomic E-state index is 13.0. The van der Waals surface area contributed by atoms with Gasteiger partial charge in [-0.2, -0.15) is 0 Å². The number of fused-ring (bicyclic) bond motifs is 3. The van der Waals surface area contributed by atoms with Gasteiger partial charge in [-0.15, -0.1) is 0 Å². The van der Waals surface area contributed by atoms with E-state index in [1.165, 1.54) is 0 Å². The largest absolute Gasteiger partial charge is 0.478 e. The Morgan fingerprint density at radius 3 is 2.75 bits per heavy atom. The Morgan fingerprint density at radius 2 is 2.12 bits per heavy atom. The molecule has 2 aliphatic rings. The number of carboxylic acid groups (broad SMARTS) is 1. The molecule has 0 bridgehead atoms. The molecule has 2 heterocycles. The van der Waals surface area contributed by atoms with Crippen LogP contribution in [0.5, 0.6) is 0 Å². The number of aromatic carboxylic acids is 1. The normalized spacial score (nSPS) is 19.0. The van der Waals surface area contributed by atoms with Crippen molar-refractivity contribution in [3.8, 4) is 0 Å². The Hall–Kier alpha value is -2.30. The number of rotatable bonds is 3. The van der Waals surface area contributed by atoms with Crippen LogP contribution in [0, 0.1) is 5.41 Å². The Morgan fingerprint density at radius 1 is 1.33 bits per heavy atom. The van der Waals surface area contributed by atoms with E-state index in [-0.39, 0.29) is 16.9 Å². The van der Waals surface area contributed by atoms with Crippen molar-refractivity contribution >= 4 is 22.8 Å². The zero-order valence-corrected chi connectivity index (χ0v) is 13.9. The first kappa shape index (κ1) is 15.2. The topological polar surface area (TPSA) is 73.4 Å². The molecule has 0 spiro atoms. The fourth-order valence-electron chi connectivity index (χ4n) is 4.18. The molecule has 0 unspecified atom stereocenters. The van der Waals surface area contributed by atoms with Gasteiger partial charge in [0.1, 0.15) is 0 Å². The van der Waals surface area contributed by atoms with Crippen LogP contribution >= 0.6 is 0 Å². The lowest BCUT2D eigenvalue weighted by molar-refractivity contribution is -0.148. The first-order chi connectivity index (χ1) is 11.5. The van der Waals surface area contributed by atoms with Gasteiger partial charge in [0.05, 0.1) is 5.56 Å². The zero-order valence-electron chi connectivity index (χ0n) is 13.9. The minimum absolute atomic E-state index is 0.143. The number of carbonyl (C=O) groups is 2. The van der Waals surface area contributed by atoms with Crippen LogP contribution in [-0.2, 0) is 17.8 Å². The summed E-state index contributed by atoms with van der Waals surface area (Å²) in [4.78, 5) is 29.6. The van der Waals surface area contributed by atoms with Gasteiger partial charge in [0.15, 0.2) is 0 Å². The summed E-state index contributed by atoms with van der Waals surface area (Å²) in [6.45, 7) is 3.43. The number of aromatic nitrogens is 1. The Labute approximate surface area is 140 Å². The van der Waals surface area contributed by atoms with E-state index in [4.69, 9.17) is 0 Å². The molecule has 5 heteroatoms. The van der Waals surface area contributed by atoms with E-state index in [2.05, 4.69) is 11.9 Å². The van der Waals surface area contributed by atoms with Gasteiger partial charge in [0, 0.05) is 47.1 Å². The van der Waals surface area contributed by atoms with Gasteiger partial charge in [-0.3, -0.25) is 4.79 Å². The van der Waals surface area contributed by atoms with Crippen LogP contribution in [0.4, 0.5) is 0 Å². The number of H-pyrrole nitrogens is 1. The second kappa shape index (κ2) is 5.36. The maximum Gasteiger partial charge on any atom is 0.335 e. The highest BCUT2D eigenvalue weighted by atomic mass is 16.4. The quantitative estimate of drug-likeness (QED) is 0.908. The fourth-order valence-corrected chi connectivity index (χ4v) is 4.18. The molecular weight excluding hydrogens is 304 g/mol. The van der Waals surface area contributed by atoms with Crippen molar-refractivity contribution in [1.29, 1.82) is 0 Å². The molecule has 1 aromatic heterocycles. The van der Waals surface area contributed by atoms with E-state index in [1.54, 1.807) is 12.1 Å². The molecule has 0 radical (unpaired) electrons. The molecule has 1 fully saturated rings. The SMILES string of the molecule is CCC1(C(=O)N2CCc3[nH]c4ccc(C(=O)O)cc4c3C2)CCC1. The summed E-state index contributed by atoms with van der Waals surface area (Å²) < 4.78 is 0. The molecule has 0 saturated heterocycles. The van der Waals surface area contributed by atoms with Crippen molar-refractivity contribution in [2.75, 3.05) is 6.54 Å². The van der Waals surface area contributed by atoms with Crippen LogP contribution in [-0.4, -0.2) is 33.4 Å². The molecule has 1 aliphatic heterocycles. The third-order valence-electron chi connectivity index (χ3n) is 5.95. The van der Waals surface area contributed by atoms with Crippen LogP contribution in [0.1, 0.15) is 54.2 Å². The third-order valence-corrected chi connectivity index (χ3v) is 5.95. The Bertz CT molecular complexity index is 827. The lowest BCUT2D eigenvalue weighted by Gasteiger charge is -2.44. The molecule has 1 aliphatic carbocycles. The van der Waals surface area contributed by atoms with Crippen LogP contribution in [0.3, 0.4) is 0 Å². The second-order valence-corrected chi connectivity index (χ2v) is 7.11. The van der Waals surface area contributed by atoms with Crippen molar-refractivity contribution in [3.63, 3.8) is 0 Å². The van der Waals surface area contributed by atoms with E-state index >= 15 is 0 Å². The minimum Gasteiger partial charge on any atom is -0.478 e. The van der Waals surface area contributed by atoms with Crippen molar-refractivity contribution in [3.05, 3.63) is 35.0 Å². The van der Waals surface area contributed by atoms with E-state index in [0.29, 0.717) is 6.54 Å². The molecule has 126 valence electrons. The summed E-state index contributed by atoms with van der Waals surface area (Å²) >= 11 is 0. The monoisotopic (exact) mass is 326 g/mol. The Kier molecular flexibility index (Phi) is 3.41. The predicted molar refractivity (Wildman–Crippen MR) is 91.0 cm³/mol. The predicted octanol–water partition coefficient (Wildman–Crippen LogP) is 3.33. The number of benzene rings is 1. The van der Waals surface area contributed by atoms with Crippen LogP contribution < -0.4 is 0 Å². The highest BCUT2D eigenvalue weighted by molar-refractivity contribution is 5.95. The van der Waals surface area contributed by atoms with Crippen LogP contribution in [0.2, 0.25) is 0 Å². The van der Waals surface area contributed by atoms with E-state index in [1.807, 2.05) is 11.0 Å². The summed E-state index contributed by atoms with van der Waals surface area (Å²) in [5, 5.41) is 10.2. The average molecular weight is 326 g/mol. The molecule has 24 heavy (non-hydrogen) atoms. The molecule has 1 saturated carbocycles. The summed E-state index contributed by atoms with van der Waals surface area (Å²) in [7, 11) is 0. The summed E-state index contributed by atoms with van der Waals surface area (Å²) in [5.74, 6) is -0.638. The fraction of sp³-hybridized carbons (Fsp3) is 0.474. The molecule has 1 amide bonds. The lowest BCUT2D eigenvalue weighted by Crippen LogP contribution is -2.49. The lowest BCUT2D eigenvalue weighted by atomic mass is 9.66. The molecule has 5 nitrogen and oxygen atoms in total. The number of carboxylic acids is 1. The highest BCUT2D eigenvalue weighted by Crippen LogP contribution is 2.46. The van der Waals surface area contributed by atoms with E-state index in [0.717, 1.165) is 60.8 Å². The average Bonchev–Trinajstić information content (AvgIpc) is 2.91. The molecule has 2 N–H and O–H groups in total. The van der Waals surface area contributed by atoms with Gasteiger partial charge in [-0.1, -0.05) is 13.3 Å². The number of hydrogen-bond acceptors (Lipinski definition) is 2. The number of nitrogens with one attached hydrogen (secondary N) is 1.